The summed E-state index contributed by atoms with van der Waals surface area (Å²) in [4.78, 5) is 38.6. The Balaban J connectivity index is 1.46. The van der Waals surface area contributed by atoms with Gasteiger partial charge in [0.2, 0.25) is 22.9 Å². The number of allylic oxidation sites excluding steroid dienone is 2. The predicted molar refractivity (Wildman–Crippen MR) is 87.2 cm³/mol. The highest BCUT2D eigenvalue weighted by molar-refractivity contribution is 7.15. The van der Waals surface area contributed by atoms with Crippen molar-refractivity contribution >= 4 is 34.2 Å². The highest BCUT2D eigenvalue weighted by Gasteiger charge is 2.50. The Morgan fingerprint density at radius 1 is 1.21 bits per heavy atom. The number of hydrogen-bond acceptors (Lipinski definition) is 6. The number of imide groups is 1. The van der Waals surface area contributed by atoms with E-state index < -0.39 is 11.9 Å². The molecule has 2 heterocycles. The molecule has 2 fully saturated rings. The van der Waals surface area contributed by atoms with Crippen molar-refractivity contribution in [1.82, 2.24) is 15.1 Å². The second-order valence-electron chi connectivity index (χ2n) is 6.59. The molecule has 0 bridgehead atoms. The molecule has 2 aliphatic carbocycles. The number of aromatic nitrogens is 2. The van der Waals surface area contributed by atoms with Gasteiger partial charge >= 0.3 is 0 Å². The Bertz CT molecular complexity index is 713. The summed E-state index contributed by atoms with van der Waals surface area (Å²) in [6, 6.07) is -0.844. The van der Waals surface area contributed by atoms with Gasteiger partial charge < -0.3 is 0 Å². The van der Waals surface area contributed by atoms with Gasteiger partial charge in [0.1, 0.15) is 11.0 Å². The van der Waals surface area contributed by atoms with Gasteiger partial charge in [-0.1, -0.05) is 23.5 Å². The number of nitrogens with zero attached hydrogens (tertiary/aromatic N) is 3. The van der Waals surface area contributed by atoms with Crippen LogP contribution in [0.3, 0.4) is 0 Å². The lowest BCUT2D eigenvalue weighted by Crippen LogP contribution is -2.46. The SMILES string of the molecule is C[C@@H](C(=O)Nc1nnc(C2CC2)s1)N1C(=O)[C@H]2CC=CC[C@H]2C1=O. The van der Waals surface area contributed by atoms with E-state index in [1.54, 1.807) is 6.92 Å². The number of fused-ring (bicyclic) bond motifs is 1. The summed E-state index contributed by atoms with van der Waals surface area (Å²) in [5, 5.41) is 12.1. The number of carbonyl (C=O) groups excluding carboxylic acids is 3. The Labute approximate surface area is 143 Å². The molecule has 1 saturated heterocycles. The molecular formula is C16H18N4O3S. The molecule has 0 unspecified atom stereocenters. The molecule has 3 aliphatic rings. The van der Waals surface area contributed by atoms with Crippen LogP contribution >= 0.6 is 11.3 Å². The van der Waals surface area contributed by atoms with Gasteiger partial charge in [-0.3, -0.25) is 24.6 Å². The van der Waals surface area contributed by atoms with Crippen LogP contribution in [0.25, 0.3) is 0 Å². The van der Waals surface area contributed by atoms with Gasteiger partial charge in [0.05, 0.1) is 11.8 Å². The minimum Gasteiger partial charge on any atom is -0.299 e. The van der Waals surface area contributed by atoms with Gasteiger partial charge in [0.25, 0.3) is 0 Å². The Morgan fingerprint density at radius 2 is 1.83 bits per heavy atom. The first kappa shape index (κ1) is 15.4. The zero-order chi connectivity index (χ0) is 16.8. The summed E-state index contributed by atoms with van der Waals surface area (Å²) in [6.07, 6.45) is 7.24. The standard InChI is InChI=1S/C16H18N4O3S/c1-8(12(21)17-16-19-18-13(24-16)9-6-7-9)20-14(22)10-4-2-3-5-11(10)15(20)23/h2-3,8-11H,4-7H2,1H3,(H,17,19,21)/t8-,10-,11+/m0/s1. The molecule has 3 amide bonds. The van der Waals surface area contributed by atoms with E-state index in [-0.39, 0.29) is 23.7 Å². The minimum absolute atomic E-state index is 0.243. The summed E-state index contributed by atoms with van der Waals surface area (Å²) >= 11 is 1.36. The lowest BCUT2D eigenvalue weighted by atomic mass is 9.85. The highest BCUT2D eigenvalue weighted by atomic mass is 32.1. The zero-order valence-corrected chi connectivity index (χ0v) is 14.1. The minimum atomic E-state index is -0.844. The highest BCUT2D eigenvalue weighted by Crippen LogP contribution is 2.42. The summed E-state index contributed by atoms with van der Waals surface area (Å²) in [5.41, 5.74) is 0. The molecule has 24 heavy (non-hydrogen) atoms. The molecule has 7 nitrogen and oxygen atoms in total. The summed E-state index contributed by atoms with van der Waals surface area (Å²) in [7, 11) is 0. The molecule has 0 aromatic carbocycles. The number of carbonyl (C=O) groups is 3. The van der Waals surface area contributed by atoms with Crippen molar-refractivity contribution in [2.45, 2.75) is 44.6 Å². The maximum atomic E-state index is 12.5. The fourth-order valence-electron chi connectivity index (χ4n) is 3.32. The van der Waals surface area contributed by atoms with Crippen molar-refractivity contribution in [2.24, 2.45) is 11.8 Å². The third-order valence-corrected chi connectivity index (χ3v) is 5.91. The number of rotatable bonds is 4. The van der Waals surface area contributed by atoms with Gasteiger partial charge in [-0.2, -0.15) is 0 Å². The van der Waals surface area contributed by atoms with Crippen LogP contribution in [0.15, 0.2) is 12.2 Å². The number of likely N-dealkylation sites (tertiary alicyclic amines) is 1. The zero-order valence-electron chi connectivity index (χ0n) is 13.3. The second-order valence-corrected chi connectivity index (χ2v) is 7.60. The topological polar surface area (TPSA) is 92.3 Å². The summed E-state index contributed by atoms with van der Waals surface area (Å²) < 4.78 is 0. The molecule has 8 heteroatoms. The molecule has 126 valence electrons. The van der Waals surface area contributed by atoms with Crippen LogP contribution in [-0.4, -0.2) is 38.9 Å². The first-order valence-electron chi connectivity index (χ1n) is 8.22. The fourth-order valence-corrected chi connectivity index (χ4v) is 4.23. The van der Waals surface area contributed by atoms with Crippen LogP contribution in [-0.2, 0) is 14.4 Å². The van der Waals surface area contributed by atoms with Crippen molar-refractivity contribution in [2.75, 3.05) is 5.32 Å². The van der Waals surface area contributed by atoms with Gasteiger partial charge in [-0.05, 0) is 32.6 Å². The molecule has 0 radical (unpaired) electrons. The number of nitrogens with one attached hydrogen (secondary N) is 1. The number of anilines is 1. The average molecular weight is 346 g/mol. The average Bonchev–Trinajstić information content (AvgIpc) is 3.28. The molecule has 1 aliphatic heterocycles. The second kappa shape index (κ2) is 5.77. The van der Waals surface area contributed by atoms with E-state index in [1.807, 2.05) is 12.2 Å². The maximum Gasteiger partial charge on any atom is 0.249 e. The Hall–Kier alpha value is -2.09. The third-order valence-electron chi connectivity index (χ3n) is 4.91. The van der Waals surface area contributed by atoms with Crippen molar-refractivity contribution in [3.05, 3.63) is 17.2 Å². The Kier molecular flexibility index (Phi) is 3.71. The lowest BCUT2D eigenvalue weighted by Gasteiger charge is -2.21. The van der Waals surface area contributed by atoms with Crippen molar-refractivity contribution < 1.29 is 14.4 Å². The van der Waals surface area contributed by atoms with Crippen LogP contribution in [0.2, 0.25) is 0 Å². The number of amides is 3. The summed E-state index contributed by atoms with van der Waals surface area (Å²) in [6.45, 7) is 1.58. The molecule has 1 aromatic heterocycles. The van der Waals surface area contributed by atoms with Crippen LogP contribution in [0, 0.1) is 11.8 Å². The van der Waals surface area contributed by atoms with Gasteiger partial charge in [-0.25, -0.2) is 0 Å². The molecule has 3 atom stereocenters. The molecule has 4 rings (SSSR count). The van der Waals surface area contributed by atoms with Gasteiger partial charge in [0, 0.05) is 5.92 Å². The maximum absolute atomic E-state index is 12.5. The fraction of sp³-hybridized carbons (Fsp3) is 0.562. The molecule has 1 saturated carbocycles. The quantitative estimate of drug-likeness (QED) is 0.662. The smallest absolute Gasteiger partial charge is 0.249 e. The van der Waals surface area contributed by atoms with E-state index in [1.165, 1.54) is 11.3 Å². The summed E-state index contributed by atoms with van der Waals surface area (Å²) in [5.74, 6) is -1.05. The van der Waals surface area contributed by atoms with Gasteiger partial charge in [0.15, 0.2) is 0 Å². The van der Waals surface area contributed by atoms with Gasteiger partial charge in [-0.15, -0.1) is 10.2 Å². The van der Waals surface area contributed by atoms with E-state index in [0.717, 1.165) is 22.7 Å². The predicted octanol–water partition coefficient (Wildman–Crippen LogP) is 1.69. The first-order chi connectivity index (χ1) is 11.6. The van der Waals surface area contributed by atoms with Crippen LogP contribution in [0.1, 0.15) is 43.5 Å². The van der Waals surface area contributed by atoms with Crippen LogP contribution in [0.5, 0.6) is 0 Å². The molecular weight excluding hydrogens is 328 g/mol. The number of hydrogen-bond donors (Lipinski definition) is 1. The van der Waals surface area contributed by atoms with Crippen LogP contribution in [0.4, 0.5) is 5.13 Å². The Morgan fingerprint density at radius 3 is 2.42 bits per heavy atom. The normalized spacial score (nSPS) is 27.3. The molecule has 0 spiro atoms. The van der Waals surface area contributed by atoms with E-state index in [4.69, 9.17) is 0 Å². The molecule has 1 N–H and O–H groups in total. The third kappa shape index (κ3) is 2.54. The van der Waals surface area contributed by atoms with E-state index >= 15 is 0 Å². The van der Waals surface area contributed by atoms with Crippen molar-refractivity contribution in [1.29, 1.82) is 0 Å². The van der Waals surface area contributed by atoms with E-state index in [9.17, 15) is 14.4 Å². The van der Waals surface area contributed by atoms with E-state index in [0.29, 0.717) is 23.9 Å². The van der Waals surface area contributed by atoms with E-state index in [2.05, 4.69) is 15.5 Å². The lowest BCUT2D eigenvalue weighted by molar-refractivity contribution is -0.146. The molecule has 1 aromatic rings. The van der Waals surface area contributed by atoms with Crippen LogP contribution < -0.4 is 5.32 Å². The first-order valence-corrected chi connectivity index (χ1v) is 9.04. The monoisotopic (exact) mass is 346 g/mol. The van der Waals surface area contributed by atoms with Crippen molar-refractivity contribution in [3.8, 4) is 0 Å². The largest absolute Gasteiger partial charge is 0.299 e. The van der Waals surface area contributed by atoms with Crippen molar-refractivity contribution in [3.63, 3.8) is 0 Å².